The predicted octanol–water partition coefficient (Wildman–Crippen LogP) is 2.20. The van der Waals surface area contributed by atoms with Crippen LogP contribution >= 0.6 is 0 Å². The molecule has 0 saturated carbocycles. The predicted molar refractivity (Wildman–Crippen MR) is 66.4 cm³/mol. The van der Waals surface area contributed by atoms with E-state index in [1.165, 1.54) is 5.69 Å². The third-order valence-corrected chi connectivity index (χ3v) is 3.74. The molecular weight excluding hydrogens is 230 g/mol. The monoisotopic (exact) mass is 247 g/mol. The first-order valence-electron chi connectivity index (χ1n) is 6.21. The third-order valence-electron chi connectivity index (χ3n) is 3.74. The molecule has 0 bridgehead atoms. The number of ether oxygens (including phenoxy) is 1. The van der Waals surface area contributed by atoms with Crippen LogP contribution < -0.4 is 0 Å². The van der Waals surface area contributed by atoms with Crippen LogP contribution in [-0.4, -0.2) is 27.9 Å². The van der Waals surface area contributed by atoms with Gasteiger partial charge in [-0.25, -0.2) is 0 Å². The minimum Gasteiger partial charge on any atom is -0.381 e. The molecule has 3 heterocycles. The van der Waals surface area contributed by atoms with Gasteiger partial charge in [0.15, 0.2) is 5.82 Å². The topological polar surface area (TPSA) is 53.1 Å². The molecule has 0 unspecified atom stereocenters. The van der Waals surface area contributed by atoms with E-state index in [9.17, 15) is 0 Å². The van der Waals surface area contributed by atoms with Crippen LogP contribution in [0.4, 0.5) is 0 Å². The molecule has 1 atom stereocenters. The van der Waals surface area contributed by atoms with Gasteiger partial charge in [-0.05, 0) is 26.3 Å². The molecule has 0 aromatic carbocycles. The van der Waals surface area contributed by atoms with E-state index >= 15 is 0 Å². The van der Waals surface area contributed by atoms with Gasteiger partial charge >= 0.3 is 0 Å². The van der Waals surface area contributed by atoms with Gasteiger partial charge in [0.2, 0.25) is 0 Å². The molecule has 1 fully saturated rings. The molecule has 1 aliphatic heterocycles. The molecule has 3 rings (SSSR count). The van der Waals surface area contributed by atoms with E-state index in [2.05, 4.69) is 34.6 Å². The molecule has 0 aliphatic carbocycles. The van der Waals surface area contributed by atoms with Gasteiger partial charge in [-0.3, -0.25) is 0 Å². The van der Waals surface area contributed by atoms with E-state index < -0.39 is 0 Å². The molecule has 2 aromatic rings. The Morgan fingerprint density at radius 1 is 1.39 bits per heavy atom. The second-order valence-electron chi connectivity index (χ2n) is 4.86. The van der Waals surface area contributed by atoms with E-state index in [1.807, 2.05) is 7.05 Å². The van der Waals surface area contributed by atoms with Crippen LogP contribution in [0.1, 0.15) is 29.6 Å². The van der Waals surface area contributed by atoms with E-state index in [4.69, 9.17) is 9.26 Å². The van der Waals surface area contributed by atoms with Gasteiger partial charge in [-0.1, -0.05) is 5.16 Å². The van der Waals surface area contributed by atoms with E-state index in [1.54, 1.807) is 0 Å². The number of hydrogen-bond acceptors (Lipinski definition) is 4. The van der Waals surface area contributed by atoms with Crippen LogP contribution in [0.2, 0.25) is 0 Å². The Bertz CT molecular complexity index is 565. The van der Waals surface area contributed by atoms with Gasteiger partial charge in [-0.15, -0.1) is 0 Å². The van der Waals surface area contributed by atoms with Crippen LogP contribution in [0.3, 0.4) is 0 Å². The zero-order valence-electron chi connectivity index (χ0n) is 10.9. The highest BCUT2D eigenvalue weighted by molar-refractivity contribution is 5.58. The average Bonchev–Trinajstić information content (AvgIpc) is 3.05. The molecule has 5 heteroatoms. The highest BCUT2D eigenvalue weighted by Crippen LogP contribution is 2.28. The molecule has 0 spiro atoms. The maximum Gasteiger partial charge on any atom is 0.259 e. The molecule has 18 heavy (non-hydrogen) atoms. The minimum absolute atomic E-state index is 0.285. The van der Waals surface area contributed by atoms with Crippen molar-refractivity contribution in [2.75, 3.05) is 13.2 Å². The Balaban J connectivity index is 1.94. The van der Waals surface area contributed by atoms with Crippen LogP contribution in [0.25, 0.3) is 11.5 Å². The molecule has 1 aliphatic rings. The van der Waals surface area contributed by atoms with Crippen molar-refractivity contribution < 1.29 is 9.26 Å². The smallest absolute Gasteiger partial charge is 0.259 e. The third kappa shape index (κ3) is 1.75. The number of rotatable bonds is 2. The standard InChI is InChI=1S/C13H17N3O2/c1-8-6-11(9(2)16(8)3)13-14-12(15-18-13)10-4-5-17-7-10/h6,10H,4-5,7H2,1-3H3/t10-/m0/s1. The summed E-state index contributed by atoms with van der Waals surface area (Å²) >= 11 is 0. The molecule has 2 aromatic heterocycles. The summed E-state index contributed by atoms with van der Waals surface area (Å²) in [7, 11) is 2.04. The Kier molecular flexibility index (Phi) is 2.70. The van der Waals surface area contributed by atoms with Crippen molar-refractivity contribution in [1.82, 2.24) is 14.7 Å². The fraction of sp³-hybridized carbons (Fsp3) is 0.538. The summed E-state index contributed by atoms with van der Waals surface area (Å²) < 4.78 is 12.9. The number of aromatic nitrogens is 3. The summed E-state index contributed by atoms with van der Waals surface area (Å²) in [6.07, 6.45) is 0.978. The second-order valence-corrected chi connectivity index (χ2v) is 4.86. The molecule has 0 N–H and O–H groups in total. The Morgan fingerprint density at radius 3 is 2.83 bits per heavy atom. The van der Waals surface area contributed by atoms with Gasteiger partial charge < -0.3 is 13.8 Å². The lowest BCUT2D eigenvalue weighted by Crippen LogP contribution is -1.99. The molecule has 0 radical (unpaired) electrons. The maximum absolute atomic E-state index is 5.38. The van der Waals surface area contributed by atoms with Crippen LogP contribution in [-0.2, 0) is 11.8 Å². The van der Waals surface area contributed by atoms with Gasteiger partial charge in [-0.2, -0.15) is 4.98 Å². The second kappa shape index (κ2) is 4.24. The number of hydrogen-bond donors (Lipinski definition) is 0. The zero-order valence-corrected chi connectivity index (χ0v) is 10.9. The van der Waals surface area contributed by atoms with Crippen molar-refractivity contribution in [2.24, 2.45) is 7.05 Å². The lowest BCUT2D eigenvalue weighted by Gasteiger charge is -1.99. The fourth-order valence-electron chi connectivity index (χ4n) is 2.32. The van der Waals surface area contributed by atoms with Crippen molar-refractivity contribution in [2.45, 2.75) is 26.2 Å². The Labute approximate surface area is 106 Å². The fourth-order valence-corrected chi connectivity index (χ4v) is 2.32. The van der Waals surface area contributed by atoms with Gasteiger partial charge in [0.25, 0.3) is 5.89 Å². The van der Waals surface area contributed by atoms with E-state index in [0.29, 0.717) is 12.5 Å². The molecular formula is C13H17N3O2. The van der Waals surface area contributed by atoms with Crippen molar-refractivity contribution in [1.29, 1.82) is 0 Å². The Hall–Kier alpha value is -1.62. The SMILES string of the molecule is Cc1cc(-c2nc([C@H]3CCOC3)no2)c(C)n1C. The first kappa shape index (κ1) is 11.5. The molecule has 96 valence electrons. The lowest BCUT2D eigenvalue weighted by molar-refractivity contribution is 0.192. The molecule has 0 amide bonds. The van der Waals surface area contributed by atoms with Crippen molar-refractivity contribution in [3.8, 4) is 11.5 Å². The van der Waals surface area contributed by atoms with Crippen LogP contribution in [0.5, 0.6) is 0 Å². The minimum atomic E-state index is 0.285. The summed E-state index contributed by atoms with van der Waals surface area (Å²) in [6, 6.07) is 2.08. The average molecular weight is 247 g/mol. The summed E-state index contributed by atoms with van der Waals surface area (Å²) in [5.74, 6) is 1.66. The summed E-state index contributed by atoms with van der Waals surface area (Å²) in [5, 5.41) is 4.08. The summed E-state index contributed by atoms with van der Waals surface area (Å²) in [5.41, 5.74) is 3.35. The molecule has 1 saturated heterocycles. The Morgan fingerprint density at radius 2 is 2.22 bits per heavy atom. The van der Waals surface area contributed by atoms with E-state index in [-0.39, 0.29) is 5.92 Å². The largest absolute Gasteiger partial charge is 0.381 e. The maximum atomic E-state index is 5.38. The first-order valence-corrected chi connectivity index (χ1v) is 6.21. The highest BCUT2D eigenvalue weighted by atomic mass is 16.5. The quantitative estimate of drug-likeness (QED) is 0.816. The first-order chi connectivity index (χ1) is 8.66. The van der Waals surface area contributed by atoms with Gasteiger partial charge in [0.1, 0.15) is 0 Å². The lowest BCUT2D eigenvalue weighted by atomic mass is 10.1. The molecule has 5 nitrogen and oxygen atoms in total. The zero-order chi connectivity index (χ0) is 12.7. The van der Waals surface area contributed by atoms with Gasteiger partial charge in [0, 0.05) is 31.0 Å². The van der Waals surface area contributed by atoms with Crippen molar-refractivity contribution in [3.63, 3.8) is 0 Å². The van der Waals surface area contributed by atoms with E-state index in [0.717, 1.165) is 30.1 Å². The van der Waals surface area contributed by atoms with Crippen LogP contribution in [0.15, 0.2) is 10.6 Å². The van der Waals surface area contributed by atoms with Gasteiger partial charge in [0.05, 0.1) is 12.2 Å². The number of aryl methyl sites for hydroxylation is 1. The summed E-state index contributed by atoms with van der Waals surface area (Å²) in [4.78, 5) is 4.51. The number of nitrogens with zero attached hydrogens (tertiary/aromatic N) is 3. The van der Waals surface area contributed by atoms with Crippen molar-refractivity contribution >= 4 is 0 Å². The van der Waals surface area contributed by atoms with Crippen molar-refractivity contribution in [3.05, 3.63) is 23.3 Å². The summed E-state index contributed by atoms with van der Waals surface area (Å²) in [6.45, 7) is 5.62. The normalized spacial score (nSPS) is 19.6. The highest BCUT2D eigenvalue weighted by Gasteiger charge is 2.24. The van der Waals surface area contributed by atoms with Crippen LogP contribution in [0, 0.1) is 13.8 Å².